The zero-order chi connectivity index (χ0) is 13.0. The molecule has 94 valence electrons. The van der Waals surface area contributed by atoms with Crippen molar-refractivity contribution in [1.29, 1.82) is 0 Å². The molecule has 1 rings (SSSR count). The maximum atomic E-state index is 11.4. The molecule has 2 amide bonds. The van der Waals surface area contributed by atoms with E-state index in [9.17, 15) is 14.4 Å². The maximum absolute atomic E-state index is 11.4. The molecule has 1 aliphatic rings. The normalized spacial score (nSPS) is 17.0. The van der Waals surface area contributed by atoms with E-state index in [1.807, 2.05) is 13.8 Å². The number of carboxylic acids is 1. The van der Waals surface area contributed by atoms with Gasteiger partial charge in [-0.05, 0) is 18.3 Å². The van der Waals surface area contributed by atoms with Crippen LogP contribution in [0.3, 0.4) is 0 Å². The lowest BCUT2D eigenvalue weighted by Gasteiger charge is -2.22. The number of nitrogens with zero attached hydrogens (tertiary/aromatic N) is 1. The van der Waals surface area contributed by atoms with Gasteiger partial charge in [0, 0.05) is 25.1 Å². The summed E-state index contributed by atoms with van der Waals surface area (Å²) in [6.45, 7) is 4.16. The van der Waals surface area contributed by atoms with E-state index in [-0.39, 0.29) is 30.7 Å². The Morgan fingerprint density at radius 2 is 1.82 bits per heavy atom. The average Bonchev–Trinajstić information content (AvgIpc) is 2.47. The van der Waals surface area contributed by atoms with Crippen LogP contribution in [0.5, 0.6) is 0 Å². The zero-order valence-corrected chi connectivity index (χ0v) is 10.0. The first-order valence-corrected chi connectivity index (χ1v) is 5.65. The average molecular weight is 239 g/mol. The Hall–Kier alpha value is -1.65. The van der Waals surface area contributed by atoms with E-state index in [1.54, 1.807) is 0 Å². The molecule has 0 aromatic heterocycles. The third-order valence-corrected chi connectivity index (χ3v) is 2.61. The summed E-state index contributed by atoms with van der Waals surface area (Å²) in [5, 5.41) is 8.80. The number of carboxylic acid groups (broad SMARTS) is 1. The van der Waals surface area contributed by atoms with Crippen molar-refractivity contribution in [3.63, 3.8) is 0 Å². The number of hydrogen-bond donors (Lipinski definition) is 1. The lowest BCUT2D eigenvalue weighted by molar-refractivity contribution is -0.142. The number of carbonyl (C=O) groups is 3. The van der Waals surface area contributed by atoms with E-state index in [0.29, 0.717) is 12.3 Å². The topological polar surface area (TPSA) is 74.7 Å². The Morgan fingerprint density at radius 3 is 2.24 bits per heavy atom. The standard InChI is InChI=1S/C12H17NO4/c1-8(2)5-9(6-12(16)17)7-13-10(14)3-4-11(13)15/h3-4,8-9H,5-7H2,1-2H3,(H,16,17). The summed E-state index contributed by atoms with van der Waals surface area (Å²) in [6, 6.07) is 0. The molecule has 0 aromatic rings. The minimum atomic E-state index is -0.900. The predicted molar refractivity (Wildman–Crippen MR) is 61.1 cm³/mol. The second-order valence-corrected chi connectivity index (χ2v) is 4.71. The van der Waals surface area contributed by atoms with E-state index in [4.69, 9.17) is 5.11 Å². The SMILES string of the molecule is CC(C)CC(CC(=O)O)CN1C(=O)C=CC1=O. The summed E-state index contributed by atoms with van der Waals surface area (Å²) in [6.07, 6.45) is 3.10. The third-order valence-electron chi connectivity index (χ3n) is 2.61. The molecule has 1 aliphatic heterocycles. The molecule has 0 aliphatic carbocycles. The van der Waals surface area contributed by atoms with Crippen LogP contribution in [-0.4, -0.2) is 34.3 Å². The summed E-state index contributed by atoms with van der Waals surface area (Å²) in [4.78, 5) is 34.6. The molecule has 0 spiro atoms. The van der Waals surface area contributed by atoms with Crippen molar-refractivity contribution in [2.24, 2.45) is 11.8 Å². The summed E-state index contributed by atoms with van der Waals surface area (Å²) >= 11 is 0. The Labute approximate surface area is 100 Å². The van der Waals surface area contributed by atoms with Crippen molar-refractivity contribution in [1.82, 2.24) is 4.90 Å². The molecule has 5 heteroatoms. The van der Waals surface area contributed by atoms with Gasteiger partial charge < -0.3 is 5.11 Å². The maximum Gasteiger partial charge on any atom is 0.303 e. The molecule has 0 bridgehead atoms. The number of aliphatic carboxylic acids is 1. The van der Waals surface area contributed by atoms with Crippen molar-refractivity contribution < 1.29 is 19.5 Å². The van der Waals surface area contributed by atoms with Crippen LogP contribution in [0.4, 0.5) is 0 Å². The van der Waals surface area contributed by atoms with Crippen molar-refractivity contribution in [3.8, 4) is 0 Å². The lowest BCUT2D eigenvalue weighted by atomic mass is 9.93. The van der Waals surface area contributed by atoms with Gasteiger partial charge in [-0.2, -0.15) is 0 Å². The molecule has 1 heterocycles. The minimum absolute atomic E-state index is 0.0186. The van der Waals surface area contributed by atoms with Crippen LogP contribution in [0.1, 0.15) is 26.7 Å². The fraction of sp³-hybridized carbons (Fsp3) is 0.583. The highest BCUT2D eigenvalue weighted by Crippen LogP contribution is 2.19. The number of amides is 2. The monoisotopic (exact) mass is 239 g/mol. The Morgan fingerprint density at radius 1 is 1.29 bits per heavy atom. The quantitative estimate of drug-likeness (QED) is 0.703. The van der Waals surface area contributed by atoms with Crippen molar-refractivity contribution in [3.05, 3.63) is 12.2 Å². The van der Waals surface area contributed by atoms with Crippen molar-refractivity contribution in [2.75, 3.05) is 6.54 Å². The van der Waals surface area contributed by atoms with Gasteiger partial charge in [0.25, 0.3) is 11.8 Å². The first kappa shape index (κ1) is 13.4. The van der Waals surface area contributed by atoms with Gasteiger partial charge in [0.2, 0.25) is 0 Å². The van der Waals surface area contributed by atoms with Crippen LogP contribution in [-0.2, 0) is 14.4 Å². The molecule has 0 radical (unpaired) electrons. The van der Waals surface area contributed by atoms with E-state index in [2.05, 4.69) is 0 Å². The number of rotatable bonds is 6. The Balaban J connectivity index is 2.62. The highest BCUT2D eigenvalue weighted by atomic mass is 16.4. The summed E-state index contributed by atoms with van der Waals surface area (Å²) in [5.41, 5.74) is 0. The van der Waals surface area contributed by atoms with E-state index >= 15 is 0 Å². The van der Waals surface area contributed by atoms with E-state index < -0.39 is 5.97 Å². The second-order valence-electron chi connectivity index (χ2n) is 4.71. The molecule has 5 nitrogen and oxygen atoms in total. The number of imide groups is 1. The van der Waals surface area contributed by atoms with Crippen LogP contribution >= 0.6 is 0 Å². The largest absolute Gasteiger partial charge is 0.481 e. The van der Waals surface area contributed by atoms with Gasteiger partial charge in [0.05, 0.1) is 0 Å². The number of carbonyl (C=O) groups excluding carboxylic acids is 2. The van der Waals surface area contributed by atoms with Crippen molar-refractivity contribution >= 4 is 17.8 Å². The molecule has 0 saturated heterocycles. The van der Waals surface area contributed by atoms with Gasteiger partial charge in [-0.15, -0.1) is 0 Å². The fourth-order valence-corrected chi connectivity index (χ4v) is 2.01. The fourth-order valence-electron chi connectivity index (χ4n) is 2.01. The second kappa shape index (κ2) is 5.61. The van der Waals surface area contributed by atoms with Gasteiger partial charge in [0.1, 0.15) is 0 Å². The molecule has 1 N–H and O–H groups in total. The van der Waals surface area contributed by atoms with Crippen LogP contribution in [0, 0.1) is 11.8 Å². The number of hydrogen-bond acceptors (Lipinski definition) is 3. The Kier molecular flexibility index (Phi) is 4.43. The van der Waals surface area contributed by atoms with Crippen molar-refractivity contribution in [2.45, 2.75) is 26.7 Å². The molecular weight excluding hydrogens is 222 g/mol. The van der Waals surface area contributed by atoms with Crippen LogP contribution in [0.2, 0.25) is 0 Å². The van der Waals surface area contributed by atoms with E-state index in [1.165, 1.54) is 12.2 Å². The molecule has 1 unspecified atom stereocenters. The Bertz CT molecular complexity index is 342. The van der Waals surface area contributed by atoms with Gasteiger partial charge in [-0.1, -0.05) is 13.8 Å². The molecule has 0 aromatic carbocycles. The van der Waals surface area contributed by atoms with Crippen LogP contribution in [0.15, 0.2) is 12.2 Å². The molecular formula is C12H17NO4. The summed E-state index contributed by atoms with van der Waals surface area (Å²) < 4.78 is 0. The molecule has 1 atom stereocenters. The van der Waals surface area contributed by atoms with Gasteiger partial charge in [-0.25, -0.2) is 0 Å². The first-order valence-electron chi connectivity index (χ1n) is 5.65. The van der Waals surface area contributed by atoms with Gasteiger partial charge >= 0.3 is 5.97 Å². The third kappa shape index (κ3) is 4.01. The molecule has 17 heavy (non-hydrogen) atoms. The van der Waals surface area contributed by atoms with E-state index in [0.717, 1.165) is 4.90 Å². The molecule has 0 saturated carbocycles. The molecule has 0 fully saturated rings. The highest BCUT2D eigenvalue weighted by molar-refractivity contribution is 6.12. The zero-order valence-electron chi connectivity index (χ0n) is 10.0. The summed E-state index contributed by atoms with van der Waals surface area (Å²) in [5.74, 6) is -1.45. The lowest BCUT2D eigenvalue weighted by Crippen LogP contribution is -2.35. The van der Waals surface area contributed by atoms with Gasteiger partial charge in [-0.3, -0.25) is 19.3 Å². The summed E-state index contributed by atoms with van der Waals surface area (Å²) in [7, 11) is 0. The smallest absolute Gasteiger partial charge is 0.303 e. The minimum Gasteiger partial charge on any atom is -0.481 e. The first-order chi connectivity index (χ1) is 7.90. The predicted octanol–water partition coefficient (Wildman–Crippen LogP) is 1.05. The highest BCUT2D eigenvalue weighted by Gasteiger charge is 2.27. The van der Waals surface area contributed by atoms with Crippen LogP contribution < -0.4 is 0 Å². The van der Waals surface area contributed by atoms with Crippen LogP contribution in [0.25, 0.3) is 0 Å². The van der Waals surface area contributed by atoms with Gasteiger partial charge in [0.15, 0.2) is 0 Å².